The maximum Gasteiger partial charge on any atom is 0.138 e. The van der Waals surface area contributed by atoms with Gasteiger partial charge in [0.2, 0.25) is 0 Å². The molecule has 0 radical (unpaired) electrons. The van der Waals surface area contributed by atoms with Crippen molar-refractivity contribution in [3.8, 4) is 0 Å². The third kappa shape index (κ3) is 3.11. The number of benzene rings is 1. The Bertz CT molecular complexity index is 518. The van der Waals surface area contributed by atoms with Crippen molar-refractivity contribution in [3.63, 3.8) is 0 Å². The average Bonchev–Trinajstić information content (AvgIpc) is 2.93. The standard InChI is InChI=1S/C16H22BrN3/c1-3-10-20-15(18-13-19-20)11-16(4-2,12-17)14-8-6-5-7-9-14/h5-9,13H,3-4,10-12H2,1-2H3. The lowest BCUT2D eigenvalue weighted by Crippen LogP contribution is -2.31. The molecule has 0 aliphatic heterocycles. The lowest BCUT2D eigenvalue weighted by Gasteiger charge is -2.31. The van der Waals surface area contributed by atoms with Crippen molar-refractivity contribution < 1.29 is 0 Å². The number of halogens is 1. The Kier molecular flexibility index (Phi) is 5.35. The highest BCUT2D eigenvalue weighted by molar-refractivity contribution is 9.09. The molecule has 0 amide bonds. The van der Waals surface area contributed by atoms with Crippen molar-refractivity contribution in [3.05, 3.63) is 48.0 Å². The van der Waals surface area contributed by atoms with Crippen LogP contribution >= 0.6 is 15.9 Å². The molecule has 0 saturated heterocycles. The zero-order valence-electron chi connectivity index (χ0n) is 12.2. The lowest BCUT2D eigenvalue weighted by atomic mass is 9.77. The lowest BCUT2D eigenvalue weighted by molar-refractivity contribution is 0.432. The SMILES string of the molecule is CCCn1ncnc1CC(CC)(CBr)c1ccccc1. The smallest absolute Gasteiger partial charge is 0.138 e. The van der Waals surface area contributed by atoms with Gasteiger partial charge in [-0.3, -0.25) is 4.68 Å². The van der Waals surface area contributed by atoms with E-state index in [4.69, 9.17) is 0 Å². The number of nitrogens with zero attached hydrogens (tertiary/aromatic N) is 3. The summed E-state index contributed by atoms with van der Waals surface area (Å²) in [5.41, 5.74) is 1.45. The van der Waals surface area contributed by atoms with E-state index in [0.717, 1.165) is 37.0 Å². The van der Waals surface area contributed by atoms with Gasteiger partial charge in [-0.25, -0.2) is 4.98 Å². The first kappa shape index (κ1) is 15.2. The molecule has 1 unspecified atom stereocenters. The molecule has 0 saturated carbocycles. The van der Waals surface area contributed by atoms with Crippen molar-refractivity contribution in [2.45, 2.75) is 45.1 Å². The van der Waals surface area contributed by atoms with Crippen LogP contribution in [0.3, 0.4) is 0 Å². The van der Waals surface area contributed by atoms with Gasteiger partial charge in [0.05, 0.1) is 0 Å². The minimum Gasteiger partial charge on any atom is -0.250 e. The summed E-state index contributed by atoms with van der Waals surface area (Å²) in [5, 5.41) is 5.27. The molecule has 4 heteroatoms. The van der Waals surface area contributed by atoms with Crippen LogP contribution in [0.15, 0.2) is 36.7 Å². The molecule has 108 valence electrons. The van der Waals surface area contributed by atoms with E-state index in [9.17, 15) is 0 Å². The number of aryl methyl sites for hydroxylation is 1. The number of hydrogen-bond donors (Lipinski definition) is 0. The molecule has 0 fully saturated rings. The van der Waals surface area contributed by atoms with Crippen LogP contribution in [0, 0.1) is 0 Å². The molecule has 1 aromatic heterocycles. The summed E-state index contributed by atoms with van der Waals surface area (Å²) in [4.78, 5) is 4.47. The average molecular weight is 336 g/mol. The second kappa shape index (κ2) is 7.02. The Hall–Kier alpha value is -1.16. The third-order valence-electron chi connectivity index (χ3n) is 3.95. The summed E-state index contributed by atoms with van der Waals surface area (Å²) >= 11 is 3.72. The Balaban J connectivity index is 2.32. The van der Waals surface area contributed by atoms with Crippen LogP contribution < -0.4 is 0 Å². The fraction of sp³-hybridized carbons (Fsp3) is 0.500. The van der Waals surface area contributed by atoms with Crippen molar-refractivity contribution in [1.82, 2.24) is 14.8 Å². The van der Waals surface area contributed by atoms with Gasteiger partial charge in [-0.2, -0.15) is 5.10 Å². The quantitative estimate of drug-likeness (QED) is 0.716. The van der Waals surface area contributed by atoms with E-state index >= 15 is 0 Å². The van der Waals surface area contributed by atoms with Crippen molar-refractivity contribution in [2.24, 2.45) is 0 Å². The van der Waals surface area contributed by atoms with Gasteiger partial charge in [-0.05, 0) is 18.4 Å². The molecule has 0 bridgehead atoms. The zero-order valence-corrected chi connectivity index (χ0v) is 13.8. The highest BCUT2D eigenvalue weighted by atomic mass is 79.9. The van der Waals surface area contributed by atoms with Crippen molar-refractivity contribution >= 4 is 15.9 Å². The minimum atomic E-state index is 0.0831. The first-order valence-corrected chi connectivity index (χ1v) is 8.36. The van der Waals surface area contributed by atoms with Crippen LogP contribution in [-0.4, -0.2) is 20.1 Å². The number of alkyl halides is 1. The molecule has 2 rings (SSSR count). The van der Waals surface area contributed by atoms with Crippen LogP contribution in [0.4, 0.5) is 0 Å². The van der Waals surface area contributed by atoms with E-state index < -0.39 is 0 Å². The maximum atomic E-state index is 4.47. The zero-order chi connectivity index (χ0) is 14.4. The van der Waals surface area contributed by atoms with Gasteiger partial charge in [0.15, 0.2) is 0 Å². The van der Waals surface area contributed by atoms with Crippen LogP contribution in [-0.2, 0) is 18.4 Å². The van der Waals surface area contributed by atoms with E-state index in [1.807, 2.05) is 4.68 Å². The third-order valence-corrected chi connectivity index (χ3v) is 5.02. The summed E-state index contributed by atoms with van der Waals surface area (Å²) in [7, 11) is 0. The molecule has 3 nitrogen and oxygen atoms in total. The Labute approximate surface area is 129 Å². The fourth-order valence-corrected chi connectivity index (χ4v) is 3.49. The predicted octanol–water partition coefficient (Wildman–Crippen LogP) is 3.97. The normalized spacial score (nSPS) is 14.2. The molecular weight excluding hydrogens is 314 g/mol. The fourth-order valence-electron chi connectivity index (χ4n) is 2.57. The number of rotatable bonds is 7. The summed E-state index contributed by atoms with van der Waals surface area (Å²) in [6, 6.07) is 10.7. The Morgan fingerprint density at radius 3 is 2.55 bits per heavy atom. The van der Waals surface area contributed by atoms with Gasteiger partial charge in [0.25, 0.3) is 0 Å². The van der Waals surface area contributed by atoms with Crippen molar-refractivity contribution in [1.29, 1.82) is 0 Å². The molecule has 2 aromatic rings. The maximum absolute atomic E-state index is 4.47. The molecule has 20 heavy (non-hydrogen) atoms. The first-order valence-electron chi connectivity index (χ1n) is 7.24. The van der Waals surface area contributed by atoms with E-state index in [1.54, 1.807) is 6.33 Å². The summed E-state index contributed by atoms with van der Waals surface area (Å²) in [6.07, 6.45) is 4.74. The molecule has 1 heterocycles. The molecule has 1 atom stereocenters. The van der Waals surface area contributed by atoms with Gasteiger partial charge < -0.3 is 0 Å². The van der Waals surface area contributed by atoms with Gasteiger partial charge >= 0.3 is 0 Å². The summed E-state index contributed by atoms with van der Waals surface area (Å²) in [6.45, 7) is 5.35. The predicted molar refractivity (Wildman–Crippen MR) is 86.2 cm³/mol. The first-order chi connectivity index (χ1) is 9.75. The molecule has 0 aliphatic rings. The van der Waals surface area contributed by atoms with Gasteiger partial charge in [-0.15, -0.1) is 0 Å². The van der Waals surface area contributed by atoms with Crippen molar-refractivity contribution in [2.75, 3.05) is 5.33 Å². The molecule has 1 aromatic carbocycles. The van der Waals surface area contributed by atoms with E-state index in [-0.39, 0.29) is 5.41 Å². The van der Waals surface area contributed by atoms with Gasteiger partial charge in [0, 0.05) is 23.7 Å². The number of hydrogen-bond acceptors (Lipinski definition) is 2. The number of aromatic nitrogens is 3. The second-order valence-corrected chi connectivity index (χ2v) is 5.77. The van der Waals surface area contributed by atoms with E-state index in [0.29, 0.717) is 0 Å². The molecular formula is C16H22BrN3. The minimum absolute atomic E-state index is 0.0831. The molecule has 0 N–H and O–H groups in total. The monoisotopic (exact) mass is 335 g/mol. The topological polar surface area (TPSA) is 30.7 Å². The second-order valence-electron chi connectivity index (χ2n) is 5.21. The van der Waals surface area contributed by atoms with E-state index in [2.05, 4.69) is 70.2 Å². The summed E-state index contributed by atoms with van der Waals surface area (Å²) in [5.74, 6) is 1.08. The molecule has 0 spiro atoms. The van der Waals surface area contributed by atoms with E-state index in [1.165, 1.54) is 5.56 Å². The Morgan fingerprint density at radius 1 is 1.20 bits per heavy atom. The largest absolute Gasteiger partial charge is 0.250 e. The van der Waals surface area contributed by atoms with Crippen LogP contribution in [0.5, 0.6) is 0 Å². The molecule has 0 aliphatic carbocycles. The van der Waals surface area contributed by atoms with Gasteiger partial charge in [0.1, 0.15) is 12.2 Å². The van der Waals surface area contributed by atoms with Gasteiger partial charge in [-0.1, -0.05) is 60.1 Å². The van der Waals surface area contributed by atoms with Crippen LogP contribution in [0.25, 0.3) is 0 Å². The Morgan fingerprint density at radius 2 is 1.95 bits per heavy atom. The summed E-state index contributed by atoms with van der Waals surface area (Å²) < 4.78 is 2.04. The van der Waals surface area contributed by atoms with Crippen LogP contribution in [0.1, 0.15) is 38.1 Å². The highest BCUT2D eigenvalue weighted by Gasteiger charge is 2.31. The van der Waals surface area contributed by atoms with Crippen LogP contribution in [0.2, 0.25) is 0 Å². The highest BCUT2D eigenvalue weighted by Crippen LogP contribution is 2.33.